The molecule has 0 heterocycles. The summed E-state index contributed by atoms with van der Waals surface area (Å²) >= 11 is 0. The molecule has 26 heavy (non-hydrogen) atoms. The van der Waals surface area contributed by atoms with Gasteiger partial charge in [0.2, 0.25) is 0 Å². The molecule has 0 bridgehead atoms. The molecule has 0 aliphatic heterocycles. The largest absolute Gasteiger partial charge is 0.462 e. The van der Waals surface area contributed by atoms with Gasteiger partial charge in [0.05, 0.1) is 6.10 Å². The molecule has 9 atom stereocenters. The molecule has 0 aromatic carbocycles. The van der Waals surface area contributed by atoms with Crippen molar-refractivity contribution in [2.24, 2.45) is 40.4 Å². The van der Waals surface area contributed by atoms with E-state index in [9.17, 15) is 9.90 Å². The van der Waals surface area contributed by atoms with Gasteiger partial charge < -0.3 is 9.84 Å². The Labute approximate surface area is 158 Å². The van der Waals surface area contributed by atoms with Gasteiger partial charge in [0.15, 0.2) is 0 Å². The standard InChI is InChI=1S/C23H36O3/c1-5-15-7-9-19-18-8-6-16-12-17(26-14(2)24)13-21(25)23(16,4)20(18)10-11-22(15,19)3/h5,15-21,25H,1,6-13H2,2-4H3/t15-,16-,17-,18-,19-,20-,21-,22+,23-/m0/s1. The van der Waals surface area contributed by atoms with Crippen LogP contribution in [0.5, 0.6) is 0 Å². The molecule has 0 unspecified atom stereocenters. The second-order valence-corrected chi connectivity index (χ2v) is 10.2. The summed E-state index contributed by atoms with van der Waals surface area (Å²) < 4.78 is 5.50. The van der Waals surface area contributed by atoms with E-state index in [1.807, 2.05) is 0 Å². The van der Waals surface area contributed by atoms with E-state index in [0.717, 1.165) is 18.3 Å². The van der Waals surface area contributed by atoms with Crippen molar-refractivity contribution in [3.63, 3.8) is 0 Å². The lowest BCUT2D eigenvalue weighted by Gasteiger charge is -2.62. The lowest BCUT2D eigenvalue weighted by molar-refractivity contribution is -0.190. The van der Waals surface area contributed by atoms with E-state index in [2.05, 4.69) is 26.5 Å². The Balaban J connectivity index is 1.58. The Kier molecular flexibility index (Phi) is 4.53. The van der Waals surface area contributed by atoms with Gasteiger partial charge in [-0.3, -0.25) is 4.79 Å². The van der Waals surface area contributed by atoms with Gasteiger partial charge >= 0.3 is 5.97 Å². The molecular formula is C23H36O3. The molecule has 0 radical (unpaired) electrons. The molecule has 4 aliphatic rings. The number of hydrogen-bond donors (Lipinski definition) is 1. The average molecular weight is 361 g/mol. The number of ether oxygens (including phenoxy) is 1. The highest BCUT2D eigenvalue weighted by molar-refractivity contribution is 5.66. The molecule has 3 heteroatoms. The predicted molar refractivity (Wildman–Crippen MR) is 102 cm³/mol. The number of carbonyl (C=O) groups is 1. The summed E-state index contributed by atoms with van der Waals surface area (Å²) in [7, 11) is 0. The number of hydrogen-bond acceptors (Lipinski definition) is 3. The minimum absolute atomic E-state index is 0.00678. The van der Waals surface area contributed by atoms with Crippen molar-refractivity contribution < 1.29 is 14.6 Å². The number of esters is 1. The maximum Gasteiger partial charge on any atom is 0.302 e. The van der Waals surface area contributed by atoms with E-state index >= 15 is 0 Å². The Morgan fingerprint density at radius 2 is 1.88 bits per heavy atom. The summed E-state index contributed by atoms with van der Waals surface area (Å²) in [6.45, 7) is 10.5. The molecule has 146 valence electrons. The summed E-state index contributed by atoms with van der Waals surface area (Å²) in [4.78, 5) is 11.4. The van der Waals surface area contributed by atoms with Gasteiger partial charge in [-0.15, -0.1) is 6.58 Å². The molecule has 4 fully saturated rings. The summed E-state index contributed by atoms with van der Waals surface area (Å²) in [6.07, 6.45) is 10.9. The molecule has 4 rings (SSSR count). The van der Waals surface area contributed by atoms with Crippen molar-refractivity contribution in [3.8, 4) is 0 Å². The Morgan fingerprint density at radius 1 is 1.12 bits per heavy atom. The molecule has 0 aromatic heterocycles. The van der Waals surface area contributed by atoms with E-state index in [4.69, 9.17) is 4.74 Å². The normalized spacial score (nSPS) is 53.2. The number of fused-ring (bicyclic) bond motifs is 5. The first-order valence-electron chi connectivity index (χ1n) is 10.8. The fraction of sp³-hybridized carbons (Fsp3) is 0.870. The average Bonchev–Trinajstić information content (AvgIpc) is 2.92. The first kappa shape index (κ1) is 18.5. The molecule has 0 amide bonds. The topological polar surface area (TPSA) is 46.5 Å². The number of aliphatic hydroxyl groups is 1. The maximum absolute atomic E-state index is 11.4. The van der Waals surface area contributed by atoms with Crippen LogP contribution >= 0.6 is 0 Å². The number of rotatable bonds is 2. The van der Waals surface area contributed by atoms with Crippen LogP contribution in [0.25, 0.3) is 0 Å². The van der Waals surface area contributed by atoms with Crippen molar-refractivity contribution in [2.45, 2.75) is 84.3 Å². The summed E-state index contributed by atoms with van der Waals surface area (Å²) in [5.41, 5.74) is 0.416. The summed E-state index contributed by atoms with van der Waals surface area (Å²) in [5, 5.41) is 11.2. The molecule has 4 saturated carbocycles. The molecule has 3 nitrogen and oxygen atoms in total. The van der Waals surface area contributed by atoms with Gasteiger partial charge in [0.1, 0.15) is 6.10 Å². The first-order chi connectivity index (χ1) is 12.3. The second-order valence-electron chi connectivity index (χ2n) is 10.2. The van der Waals surface area contributed by atoms with Crippen LogP contribution in [-0.2, 0) is 9.53 Å². The zero-order valence-corrected chi connectivity index (χ0v) is 16.7. The fourth-order valence-corrected chi connectivity index (χ4v) is 8.04. The highest BCUT2D eigenvalue weighted by Crippen LogP contribution is 2.67. The van der Waals surface area contributed by atoms with Gasteiger partial charge in [-0.25, -0.2) is 0 Å². The monoisotopic (exact) mass is 360 g/mol. The van der Waals surface area contributed by atoms with Crippen LogP contribution in [0.1, 0.15) is 72.1 Å². The Morgan fingerprint density at radius 3 is 2.58 bits per heavy atom. The predicted octanol–water partition coefficient (Wildman–Crippen LogP) is 4.73. The van der Waals surface area contributed by atoms with Crippen LogP contribution in [0.3, 0.4) is 0 Å². The van der Waals surface area contributed by atoms with E-state index in [0.29, 0.717) is 29.6 Å². The third-order valence-corrected chi connectivity index (χ3v) is 9.41. The molecule has 0 aromatic rings. The van der Waals surface area contributed by atoms with Crippen LogP contribution in [0.2, 0.25) is 0 Å². The highest BCUT2D eigenvalue weighted by Gasteiger charge is 2.62. The highest BCUT2D eigenvalue weighted by atomic mass is 16.5. The first-order valence-corrected chi connectivity index (χ1v) is 10.8. The SMILES string of the molecule is C=C[C@H]1CC[C@H]2[C@@H]3CC[C@H]4C[C@H](OC(C)=O)C[C@H](O)[C@]4(C)[C@H]3CC[C@]12C. The third kappa shape index (κ3) is 2.52. The van der Waals surface area contributed by atoms with Crippen LogP contribution in [0, 0.1) is 40.4 Å². The lowest BCUT2D eigenvalue weighted by atomic mass is 9.44. The van der Waals surface area contributed by atoms with Crippen molar-refractivity contribution in [1.82, 2.24) is 0 Å². The fourth-order valence-electron chi connectivity index (χ4n) is 8.04. The minimum atomic E-state index is -0.348. The van der Waals surface area contributed by atoms with Crippen molar-refractivity contribution >= 4 is 5.97 Å². The lowest BCUT2D eigenvalue weighted by Crippen LogP contribution is -2.59. The summed E-state index contributed by atoms with van der Waals surface area (Å²) in [6, 6.07) is 0. The van der Waals surface area contributed by atoms with Crippen LogP contribution in [-0.4, -0.2) is 23.3 Å². The number of allylic oxidation sites excluding steroid dienone is 1. The van der Waals surface area contributed by atoms with Crippen molar-refractivity contribution in [1.29, 1.82) is 0 Å². The number of carbonyl (C=O) groups excluding carboxylic acids is 1. The van der Waals surface area contributed by atoms with E-state index in [-0.39, 0.29) is 23.6 Å². The molecule has 0 spiro atoms. The maximum atomic E-state index is 11.4. The van der Waals surface area contributed by atoms with Crippen molar-refractivity contribution in [3.05, 3.63) is 12.7 Å². The van der Waals surface area contributed by atoms with Gasteiger partial charge in [0.25, 0.3) is 0 Å². The van der Waals surface area contributed by atoms with Crippen molar-refractivity contribution in [2.75, 3.05) is 0 Å². The molecular weight excluding hydrogens is 324 g/mol. The van der Waals surface area contributed by atoms with Gasteiger partial charge in [-0.05, 0) is 85.4 Å². The van der Waals surface area contributed by atoms with Crippen LogP contribution in [0.15, 0.2) is 12.7 Å². The van der Waals surface area contributed by atoms with Gasteiger partial charge in [0, 0.05) is 13.3 Å². The quantitative estimate of drug-likeness (QED) is 0.572. The van der Waals surface area contributed by atoms with E-state index in [1.54, 1.807) is 0 Å². The Hall–Kier alpha value is -0.830. The van der Waals surface area contributed by atoms with Gasteiger partial charge in [-0.1, -0.05) is 19.9 Å². The van der Waals surface area contributed by atoms with Crippen LogP contribution in [0.4, 0.5) is 0 Å². The number of aliphatic hydroxyl groups excluding tert-OH is 1. The van der Waals surface area contributed by atoms with Gasteiger partial charge in [-0.2, -0.15) is 0 Å². The van der Waals surface area contributed by atoms with Crippen LogP contribution < -0.4 is 0 Å². The smallest absolute Gasteiger partial charge is 0.302 e. The molecule has 4 aliphatic carbocycles. The van der Waals surface area contributed by atoms with E-state index in [1.165, 1.54) is 45.4 Å². The zero-order valence-electron chi connectivity index (χ0n) is 16.7. The molecule has 0 saturated heterocycles. The minimum Gasteiger partial charge on any atom is -0.462 e. The zero-order chi connectivity index (χ0) is 18.7. The second kappa shape index (κ2) is 6.36. The van der Waals surface area contributed by atoms with E-state index < -0.39 is 0 Å². The Bertz CT molecular complexity index is 586. The third-order valence-electron chi connectivity index (χ3n) is 9.41. The summed E-state index contributed by atoms with van der Waals surface area (Å²) in [5.74, 6) is 3.10. The molecule has 1 N–H and O–H groups in total.